The average Bonchev–Trinajstić information content (AvgIpc) is 2.98. The first kappa shape index (κ1) is 17.0. The second-order valence-electron chi connectivity index (χ2n) is 6.14. The lowest BCUT2D eigenvalue weighted by Gasteiger charge is -2.25. The largest absolute Gasteiger partial charge is 0.378 e. The van der Waals surface area contributed by atoms with Gasteiger partial charge in [-0.1, -0.05) is 13.8 Å². The SMILES string of the molecule is CCCNC(CCC1CCCCO1)Cc1ccc(CC)s1. The number of nitrogens with one attached hydrogen (secondary N) is 1. The smallest absolute Gasteiger partial charge is 0.0575 e. The first-order chi connectivity index (χ1) is 10.3. The van der Waals surface area contributed by atoms with E-state index >= 15 is 0 Å². The van der Waals surface area contributed by atoms with Crippen LogP contribution < -0.4 is 5.32 Å². The van der Waals surface area contributed by atoms with Crippen LogP contribution in [0.2, 0.25) is 0 Å². The Kier molecular flexibility index (Phi) is 7.76. The third-order valence-electron chi connectivity index (χ3n) is 4.31. The highest BCUT2D eigenvalue weighted by Crippen LogP contribution is 2.22. The van der Waals surface area contributed by atoms with Gasteiger partial charge >= 0.3 is 0 Å². The standard InChI is InChI=1S/C18H31NOS/c1-3-12-19-15(8-9-16-7-5-6-13-20-16)14-18-11-10-17(4-2)21-18/h10-11,15-16,19H,3-9,12-14H2,1-2H3. The lowest BCUT2D eigenvalue weighted by atomic mass is 9.99. The van der Waals surface area contributed by atoms with Crippen LogP contribution in [-0.2, 0) is 17.6 Å². The molecule has 2 atom stereocenters. The summed E-state index contributed by atoms with van der Waals surface area (Å²) in [4.78, 5) is 3.04. The maximum Gasteiger partial charge on any atom is 0.0575 e. The van der Waals surface area contributed by atoms with Crippen molar-refractivity contribution in [2.75, 3.05) is 13.2 Å². The minimum atomic E-state index is 0.513. The molecule has 1 aromatic heterocycles. The van der Waals surface area contributed by atoms with Crippen molar-refractivity contribution in [1.29, 1.82) is 0 Å². The van der Waals surface area contributed by atoms with Crippen molar-refractivity contribution in [1.82, 2.24) is 5.32 Å². The summed E-state index contributed by atoms with van der Waals surface area (Å²) in [5, 5.41) is 3.74. The van der Waals surface area contributed by atoms with Crippen molar-refractivity contribution in [2.45, 2.75) is 77.4 Å². The van der Waals surface area contributed by atoms with Gasteiger partial charge in [0.25, 0.3) is 0 Å². The van der Waals surface area contributed by atoms with E-state index in [0.29, 0.717) is 12.1 Å². The van der Waals surface area contributed by atoms with Crippen molar-refractivity contribution in [3.63, 3.8) is 0 Å². The Labute approximate surface area is 134 Å². The van der Waals surface area contributed by atoms with Crippen molar-refractivity contribution < 1.29 is 4.74 Å². The van der Waals surface area contributed by atoms with Crippen LogP contribution in [0.3, 0.4) is 0 Å². The fraction of sp³-hybridized carbons (Fsp3) is 0.778. The average molecular weight is 310 g/mol. The predicted octanol–water partition coefficient (Wildman–Crippen LogP) is 4.57. The highest BCUT2D eigenvalue weighted by atomic mass is 32.1. The van der Waals surface area contributed by atoms with Gasteiger partial charge in [-0.05, 0) is 70.0 Å². The first-order valence-corrected chi connectivity index (χ1v) is 9.56. The van der Waals surface area contributed by atoms with Crippen LogP contribution in [0.5, 0.6) is 0 Å². The maximum atomic E-state index is 5.88. The van der Waals surface area contributed by atoms with Gasteiger partial charge in [0, 0.05) is 22.4 Å². The van der Waals surface area contributed by atoms with Crippen molar-refractivity contribution in [3.8, 4) is 0 Å². The Bertz CT molecular complexity index is 384. The normalized spacial score (nSPS) is 20.6. The van der Waals surface area contributed by atoms with E-state index in [9.17, 15) is 0 Å². The van der Waals surface area contributed by atoms with Crippen LogP contribution in [0.15, 0.2) is 12.1 Å². The maximum absolute atomic E-state index is 5.88. The zero-order chi connectivity index (χ0) is 14.9. The van der Waals surface area contributed by atoms with E-state index in [2.05, 4.69) is 31.3 Å². The molecule has 1 aliphatic rings. The van der Waals surface area contributed by atoms with Crippen LogP contribution in [0.1, 0.15) is 62.1 Å². The summed E-state index contributed by atoms with van der Waals surface area (Å²) in [7, 11) is 0. The molecule has 0 aromatic carbocycles. The van der Waals surface area contributed by atoms with Crippen molar-refractivity contribution >= 4 is 11.3 Å². The zero-order valence-electron chi connectivity index (χ0n) is 13.7. The molecule has 0 bridgehead atoms. The molecule has 2 heterocycles. The molecule has 1 saturated heterocycles. The molecule has 2 rings (SSSR count). The Morgan fingerprint density at radius 3 is 2.81 bits per heavy atom. The molecule has 2 nitrogen and oxygen atoms in total. The molecule has 0 radical (unpaired) electrons. The summed E-state index contributed by atoms with van der Waals surface area (Å²) in [5.41, 5.74) is 0. The summed E-state index contributed by atoms with van der Waals surface area (Å²) in [6.07, 6.45) is 10.4. The highest BCUT2D eigenvalue weighted by Gasteiger charge is 2.17. The van der Waals surface area contributed by atoms with E-state index in [4.69, 9.17) is 4.74 Å². The van der Waals surface area contributed by atoms with Gasteiger partial charge in [-0.2, -0.15) is 0 Å². The van der Waals surface area contributed by atoms with Gasteiger partial charge < -0.3 is 10.1 Å². The minimum Gasteiger partial charge on any atom is -0.378 e. The summed E-state index contributed by atoms with van der Waals surface area (Å²) >= 11 is 1.98. The Morgan fingerprint density at radius 1 is 1.29 bits per heavy atom. The molecular formula is C18H31NOS. The molecule has 1 N–H and O–H groups in total. The number of hydrogen-bond acceptors (Lipinski definition) is 3. The van der Waals surface area contributed by atoms with Crippen LogP contribution in [0.25, 0.3) is 0 Å². The van der Waals surface area contributed by atoms with E-state index in [1.54, 1.807) is 0 Å². The third-order valence-corrected chi connectivity index (χ3v) is 5.56. The molecule has 1 aliphatic heterocycles. The molecule has 0 amide bonds. The number of thiophene rings is 1. The van der Waals surface area contributed by atoms with Crippen molar-refractivity contribution in [2.24, 2.45) is 0 Å². The Hall–Kier alpha value is -0.380. The van der Waals surface area contributed by atoms with E-state index < -0.39 is 0 Å². The van der Waals surface area contributed by atoms with Gasteiger partial charge in [0.1, 0.15) is 0 Å². The topological polar surface area (TPSA) is 21.3 Å². The van der Waals surface area contributed by atoms with Crippen LogP contribution in [0, 0.1) is 0 Å². The van der Waals surface area contributed by atoms with Gasteiger partial charge in [0.2, 0.25) is 0 Å². The van der Waals surface area contributed by atoms with Gasteiger partial charge in [-0.25, -0.2) is 0 Å². The van der Waals surface area contributed by atoms with Gasteiger partial charge in [0.05, 0.1) is 6.10 Å². The molecule has 2 unspecified atom stereocenters. The fourth-order valence-electron chi connectivity index (χ4n) is 3.01. The lowest BCUT2D eigenvalue weighted by molar-refractivity contribution is 0.00860. The number of aryl methyl sites for hydroxylation is 1. The minimum absolute atomic E-state index is 0.513. The van der Waals surface area contributed by atoms with Crippen LogP contribution >= 0.6 is 11.3 Å². The van der Waals surface area contributed by atoms with E-state index in [-0.39, 0.29) is 0 Å². The second kappa shape index (κ2) is 9.60. The molecule has 0 aliphatic carbocycles. The molecule has 21 heavy (non-hydrogen) atoms. The number of ether oxygens (including phenoxy) is 1. The van der Waals surface area contributed by atoms with Crippen molar-refractivity contribution in [3.05, 3.63) is 21.9 Å². The zero-order valence-corrected chi connectivity index (χ0v) is 14.5. The number of hydrogen-bond donors (Lipinski definition) is 1. The van der Waals surface area contributed by atoms with E-state index in [1.165, 1.54) is 54.7 Å². The van der Waals surface area contributed by atoms with Crippen LogP contribution in [0.4, 0.5) is 0 Å². The molecule has 1 fully saturated rings. The third kappa shape index (κ3) is 6.09. The fourth-order valence-corrected chi connectivity index (χ4v) is 4.05. The first-order valence-electron chi connectivity index (χ1n) is 8.74. The summed E-state index contributed by atoms with van der Waals surface area (Å²) < 4.78 is 5.88. The Balaban J connectivity index is 1.81. The summed E-state index contributed by atoms with van der Waals surface area (Å²) in [6, 6.07) is 5.22. The van der Waals surface area contributed by atoms with E-state index in [1.807, 2.05) is 11.3 Å². The van der Waals surface area contributed by atoms with Crippen LogP contribution in [-0.4, -0.2) is 25.3 Å². The second-order valence-corrected chi connectivity index (χ2v) is 7.40. The summed E-state index contributed by atoms with van der Waals surface area (Å²) in [6.45, 7) is 6.59. The van der Waals surface area contributed by atoms with Gasteiger partial charge in [-0.3, -0.25) is 0 Å². The summed E-state index contributed by atoms with van der Waals surface area (Å²) in [5.74, 6) is 0. The van der Waals surface area contributed by atoms with E-state index in [0.717, 1.165) is 19.6 Å². The Morgan fingerprint density at radius 2 is 2.14 bits per heavy atom. The highest BCUT2D eigenvalue weighted by molar-refractivity contribution is 7.11. The molecule has 120 valence electrons. The molecule has 3 heteroatoms. The molecule has 0 saturated carbocycles. The molecule has 0 spiro atoms. The molecule has 1 aromatic rings. The predicted molar refractivity (Wildman–Crippen MR) is 92.3 cm³/mol. The monoisotopic (exact) mass is 309 g/mol. The quantitative estimate of drug-likeness (QED) is 0.721. The lowest BCUT2D eigenvalue weighted by Crippen LogP contribution is -2.33. The molecular weight excluding hydrogens is 278 g/mol. The number of rotatable bonds is 9. The van der Waals surface area contributed by atoms with Gasteiger partial charge in [-0.15, -0.1) is 11.3 Å². The van der Waals surface area contributed by atoms with Gasteiger partial charge in [0.15, 0.2) is 0 Å².